The molecule has 2 heterocycles. The van der Waals surface area contributed by atoms with E-state index < -0.39 is 24.3 Å². The van der Waals surface area contributed by atoms with Gasteiger partial charge in [0.25, 0.3) is 0 Å². The number of carbonyl (C=O) groups excluding carboxylic acids is 1. The number of ether oxygens (including phenoxy) is 3. The molecule has 0 bridgehead atoms. The molecule has 12 heteroatoms. The summed E-state index contributed by atoms with van der Waals surface area (Å²) in [6.45, 7) is 10.2. The Balaban J connectivity index is 0.00000210. The van der Waals surface area contributed by atoms with Gasteiger partial charge in [-0.05, 0) is 49.1 Å². The Hall–Kier alpha value is -2.51. The van der Waals surface area contributed by atoms with E-state index in [9.17, 15) is 18.3 Å². The number of alkyl halides is 3. The van der Waals surface area contributed by atoms with E-state index in [2.05, 4.69) is 23.4 Å². The minimum Gasteiger partial charge on any atom is -0.487 e. The van der Waals surface area contributed by atoms with E-state index in [4.69, 9.17) is 19.1 Å². The third kappa shape index (κ3) is 10.3. The largest absolute Gasteiger partial charge is 0.573 e. The van der Waals surface area contributed by atoms with Crippen LogP contribution in [-0.4, -0.2) is 60.8 Å². The Morgan fingerprint density at radius 3 is 2.57 bits per heavy atom. The molecule has 0 amide bonds. The highest BCUT2D eigenvalue weighted by molar-refractivity contribution is 7.97. The fourth-order valence-electron chi connectivity index (χ4n) is 3.22. The molecule has 2 aliphatic rings. The van der Waals surface area contributed by atoms with Crippen LogP contribution in [0.15, 0.2) is 66.0 Å². The standard InChI is InChI=1S/C22H27F3N2O5S.CH2O/c1-15(10-11-16(2)31-22(23,24)25)30-19-14-27(13-18(19)28)33-20-8-4-3-7-17(20)26-32-21-9-5-6-12-29-21;1-2/h3-4,7-8,10-11,18-19,21,26,28H,1-2,5-6,9,12-14H2;1H2/b11-10-;. The number of aliphatic hydroxyl groups is 1. The van der Waals surface area contributed by atoms with E-state index in [1.54, 1.807) is 0 Å². The summed E-state index contributed by atoms with van der Waals surface area (Å²) in [5, 5.41) is 10.4. The lowest BCUT2D eigenvalue weighted by molar-refractivity contribution is -0.303. The summed E-state index contributed by atoms with van der Waals surface area (Å²) in [4.78, 5) is 14.5. The van der Waals surface area contributed by atoms with Gasteiger partial charge in [0.05, 0.1) is 5.69 Å². The maximum Gasteiger partial charge on any atom is 0.573 e. The van der Waals surface area contributed by atoms with Gasteiger partial charge in [0.15, 0.2) is 6.29 Å². The number of hydrogen-bond acceptors (Lipinski definition) is 9. The van der Waals surface area contributed by atoms with Crippen LogP contribution in [0.4, 0.5) is 18.9 Å². The van der Waals surface area contributed by atoms with Crippen molar-refractivity contribution in [2.24, 2.45) is 0 Å². The SMILES string of the molecule is C=C(/C=C\C(=C)OC(F)(F)F)OC1CN(Sc2ccccc2NOC2CCCCO2)CC1O.C=O. The minimum atomic E-state index is -4.82. The topological polar surface area (TPSA) is 89.5 Å². The van der Waals surface area contributed by atoms with E-state index in [1.165, 1.54) is 18.0 Å². The minimum absolute atomic E-state index is 0.0840. The summed E-state index contributed by atoms with van der Waals surface area (Å²) < 4.78 is 53.3. The second kappa shape index (κ2) is 14.1. The summed E-state index contributed by atoms with van der Waals surface area (Å²) in [5.74, 6) is -0.512. The molecule has 3 unspecified atom stereocenters. The van der Waals surface area contributed by atoms with Crippen LogP contribution in [0.3, 0.4) is 0 Å². The number of halogens is 3. The van der Waals surface area contributed by atoms with Crippen LogP contribution >= 0.6 is 11.9 Å². The van der Waals surface area contributed by atoms with E-state index >= 15 is 0 Å². The summed E-state index contributed by atoms with van der Waals surface area (Å²) in [6.07, 6.45) is -1.38. The van der Waals surface area contributed by atoms with Crippen molar-refractivity contribution in [2.75, 3.05) is 25.2 Å². The Bertz CT molecular complexity index is 864. The Kier molecular flexibility index (Phi) is 11.6. The number of nitrogens with zero attached hydrogens (tertiary/aromatic N) is 1. The second-order valence-electron chi connectivity index (χ2n) is 7.49. The normalized spacial score (nSPS) is 22.8. The van der Waals surface area contributed by atoms with E-state index in [0.29, 0.717) is 19.7 Å². The van der Waals surface area contributed by atoms with Crippen molar-refractivity contribution in [3.8, 4) is 0 Å². The van der Waals surface area contributed by atoms with Crippen LogP contribution in [0.25, 0.3) is 0 Å². The van der Waals surface area contributed by atoms with Gasteiger partial charge in [0, 0.05) is 31.0 Å². The highest BCUT2D eigenvalue weighted by atomic mass is 32.2. The molecule has 8 nitrogen and oxygen atoms in total. The number of β-amino-alcohol motifs (C(OH)–C–C–N with tert-alkyl or cyclic N) is 1. The summed E-state index contributed by atoms with van der Waals surface area (Å²) in [6, 6.07) is 7.59. The fourth-order valence-corrected chi connectivity index (χ4v) is 4.29. The molecular formula is C23H29F3N2O6S. The molecule has 0 saturated carbocycles. The zero-order chi connectivity index (χ0) is 25.8. The van der Waals surface area contributed by atoms with Gasteiger partial charge in [-0.1, -0.05) is 25.3 Å². The molecule has 2 saturated heterocycles. The molecule has 0 radical (unpaired) electrons. The molecule has 35 heavy (non-hydrogen) atoms. The van der Waals surface area contributed by atoms with Crippen molar-refractivity contribution in [3.05, 3.63) is 61.1 Å². The number of anilines is 1. The first-order chi connectivity index (χ1) is 16.7. The smallest absolute Gasteiger partial charge is 0.487 e. The van der Waals surface area contributed by atoms with E-state index in [-0.39, 0.29) is 12.0 Å². The molecule has 2 fully saturated rings. The molecule has 194 valence electrons. The third-order valence-corrected chi connectivity index (χ3v) is 5.87. The predicted molar refractivity (Wildman–Crippen MR) is 125 cm³/mol. The van der Waals surface area contributed by atoms with E-state index in [0.717, 1.165) is 35.9 Å². The van der Waals surface area contributed by atoms with Crippen LogP contribution in [-0.2, 0) is 23.8 Å². The second-order valence-corrected chi connectivity index (χ2v) is 8.63. The first-order valence-corrected chi connectivity index (χ1v) is 11.5. The van der Waals surface area contributed by atoms with Crippen LogP contribution in [0, 0.1) is 0 Å². The van der Waals surface area contributed by atoms with Gasteiger partial charge < -0.3 is 24.1 Å². The van der Waals surface area contributed by atoms with Gasteiger partial charge in [0.1, 0.15) is 30.5 Å². The summed E-state index contributed by atoms with van der Waals surface area (Å²) >= 11 is 1.43. The van der Waals surface area contributed by atoms with Crippen molar-refractivity contribution in [3.63, 3.8) is 0 Å². The Morgan fingerprint density at radius 2 is 1.89 bits per heavy atom. The molecular weight excluding hydrogens is 489 g/mol. The lowest BCUT2D eigenvalue weighted by Crippen LogP contribution is -2.26. The van der Waals surface area contributed by atoms with Crippen LogP contribution < -0.4 is 5.48 Å². The van der Waals surface area contributed by atoms with E-state index in [1.807, 2.05) is 35.4 Å². The fraction of sp³-hybridized carbons (Fsp3) is 0.435. The zero-order valence-electron chi connectivity index (χ0n) is 19.0. The van der Waals surface area contributed by atoms with Crippen molar-refractivity contribution in [2.45, 2.75) is 49.0 Å². The monoisotopic (exact) mass is 518 g/mol. The van der Waals surface area contributed by atoms with Crippen LogP contribution in [0.1, 0.15) is 19.3 Å². The Labute approximate surface area is 206 Å². The van der Waals surface area contributed by atoms with Gasteiger partial charge in [0.2, 0.25) is 0 Å². The molecule has 0 aliphatic carbocycles. The van der Waals surface area contributed by atoms with Gasteiger partial charge in [-0.3, -0.25) is 5.48 Å². The third-order valence-electron chi connectivity index (χ3n) is 4.76. The number of rotatable bonds is 10. The number of aliphatic hydroxyl groups excluding tert-OH is 1. The quantitative estimate of drug-likeness (QED) is 0.200. The molecule has 1 aromatic carbocycles. The molecule has 3 atom stereocenters. The average molecular weight is 519 g/mol. The highest BCUT2D eigenvalue weighted by Gasteiger charge is 2.34. The number of nitrogens with one attached hydrogen (secondary N) is 1. The maximum atomic E-state index is 12.2. The zero-order valence-corrected chi connectivity index (χ0v) is 19.9. The van der Waals surface area contributed by atoms with Crippen molar-refractivity contribution < 1.29 is 42.1 Å². The van der Waals surface area contributed by atoms with Gasteiger partial charge in [-0.2, -0.15) is 0 Å². The van der Waals surface area contributed by atoms with Crippen molar-refractivity contribution in [1.82, 2.24) is 4.31 Å². The lowest BCUT2D eigenvalue weighted by Gasteiger charge is -2.23. The van der Waals surface area contributed by atoms with Gasteiger partial charge in [-0.25, -0.2) is 9.14 Å². The summed E-state index contributed by atoms with van der Waals surface area (Å²) in [7, 11) is 0. The molecule has 0 spiro atoms. The lowest BCUT2D eigenvalue weighted by atomic mass is 10.2. The number of benzene rings is 1. The van der Waals surface area contributed by atoms with Gasteiger partial charge in [-0.15, -0.1) is 13.2 Å². The number of hydrogen-bond donors (Lipinski definition) is 2. The highest BCUT2D eigenvalue weighted by Crippen LogP contribution is 2.34. The van der Waals surface area contributed by atoms with Gasteiger partial charge >= 0.3 is 6.36 Å². The van der Waals surface area contributed by atoms with Crippen molar-refractivity contribution in [1.29, 1.82) is 0 Å². The molecule has 0 aromatic heterocycles. The number of carbonyl (C=O) groups is 1. The summed E-state index contributed by atoms with van der Waals surface area (Å²) in [5.41, 5.74) is 3.73. The number of para-hydroxylation sites is 1. The number of allylic oxidation sites excluding steroid dienone is 2. The average Bonchev–Trinajstić information content (AvgIpc) is 3.16. The predicted octanol–water partition coefficient (Wildman–Crippen LogP) is 4.56. The van der Waals surface area contributed by atoms with Crippen molar-refractivity contribution >= 4 is 24.4 Å². The van der Waals surface area contributed by atoms with Crippen LogP contribution in [0.5, 0.6) is 0 Å². The molecule has 2 aliphatic heterocycles. The first-order valence-electron chi connectivity index (χ1n) is 10.7. The first kappa shape index (κ1) is 28.7. The molecule has 2 N–H and O–H groups in total. The van der Waals surface area contributed by atoms with Crippen LogP contribution in [0.2, 0.25) is 0 Å². The maximum absolute atomic E-state index is 12.2. The molecule has 3 rings (SSSR count). The molecule has 1 aromatic rings. The Morgan fingerprint density at radius 1 is 1.17 bits per heavy atom.